The van der Waals surface area contributed by atoms with Gasteiger partial charge in [0.2, 0.25) is 11.5 Å². The molecule has 142 valence electrons. The fraction of sp³-hybridized carbons (Fsp3) is 0.421. The van der Waals surface area contributed by atoms with Crippen molar-refractivity contribution in [3.8, 4) is 0 Å². The number of amides is 1. The molecule has 1 aromatic carbocycles. The van der Waals surface area contributed by atoms with Gasteiger partial charge < -0.3 is 20.0 Å². The number of carbonyl (C=O) groups excluding carboxylic acids is 1. The van der Waals surface area contributed by atoms with E-state index in [2.05, 4.69) is 20.5 Å². The van der Waals surface area contributed by atoms with Crippen LogP contribution in [-0.4, -0.2) is 59.6 Å². The molecule has 0 unspecified atom stereocenters. The Bertz CT molecular complexity index is 1000. The second-order valence-electron chi connectivity index (χ2n) is 6.75. The second kappa shape index (κ2) is 7.89. The number of hydrogen-bond donors (Lipinski definition) is 2. The maximum atomic E-state index is 12.6. The van der Waals surface area contributed by atoms with Gasteiger partial charge in [0.05, 0.1) is 6.33 Å². The van der Waals surface area contributed by atoms with Crippen molar-refractivity contribution in [2.24, 2.45) is 0 Å². The van der Waals surface area contributed by atoms with Crippen molar-refractivity contribution < 1.29 is 9.21 Å². The lowest BCUT2D eigenvalue weighted by Gasteiger charge is -2.27. The predicted octanol–water partition coefficient (Wildman–Crippen LogP) is 0.554. The monoisotopic (exact) mass is 369 g/mol. The third kappa shape index (κ3) is 3.86. The topological polar surface area (TPSA) is 92.4 Å². The molecule has 27 heavy (non-hydrogen) atoms. The fourth-order valence-corrected chi connectivity index (χ4v) is 3.40. The van der Waals surface area contributed by atoms with Gasteiger partial charge in [0, 0.05) is 38.1 Å². The molecule has 1 fully saturated rings. The highest BCUT2D eigenvalue weighted by atomic mass is 16.3. The number of para-hydroxylation sites is 1. The van der Waals surface area contributed by atoms with Crippen molar-refractivity contribution in [3.63, 3.8) is 0 Å². The van der Waals surface area contributed by atoms with Crippen LogP contribution >= 0.6 is 0 Å². The van der Waals surface area contributed by atoms with Crippen LogP contribution in [0.1, 0.15) is 6.42 Å². The predicted molar refractivity (Wildman–Crippen MR) is 103 cm³/mol. The average Bonchev–Trinajstić information content (AvgIpc) is 3.08. The summed E-state index contributed by atoms with van der Waals surface area (Å²) in [5.74, 6) is -0.199. The fourth-order valence-electron chi connectivity index (χ4n) is 3.40. The van der Waals surface area contributed by atoms with E-state index in [0.717, 1.165) is 44.5 Å². The molecule has 8 heteroatoms. The van der Waals surface area contributed by atoms with Gasteiger partial charge in [-0.3, -0.25) is 14.2 Å². The van der Waals surface area contributed by atoms with Gasteiger partial charge in [0.25, 0.3) is 5.56 Å². The van der Waals surface area contributed by atoms with Crippen LogP contribution in [0.25, 0.3) is 22.1 Å². The Morgan fingerprint density at radius 1 is 1.26 bits per heavy atom. The van der Waals surface area contributed by atoms with E-state index in [1.807, 2.05) is 18.2 Å². The zero-order chi connectivity index (χ0) is 18.6. The van der Waals surface area contributed by atoms with Gasteiger partial charge >= 0.3 is 0 Å². The number of fused-ring (bicyclic) bond motifs is 3. The highest BCUT2D eigenvalue weighted by Gasteiger charge is 2.14. The Balaban J connectivity index is 1.36. The van der Waals surface area contributed by atoms with Crippen LogP contribution in [0, 0.1) is 0 Å². The lowest BCUT2D eigenvalue weighted by Crippen LogP contribution is -2.44. The van der Waals surface area contributed by atoms with Crippen molar-refractivity contribution in [2.45, 2.75) is 13.0 Å². The summed E-state index contributed by atoms with van der Waals surface area (Å²) in [6.45, 7) is 5.64. The van der Waals surface area contributed by atoms with Crippen LogP contribution in [0.4, 0.5) is 0 Å². The minimum Gasteiger partial charge on any atom is -0.448 e. The molecule has 0 spiro atoms. The van der Waals surface area contributed by atoms with Gasteiger partial charge in [-0.1, -0.05) is 12.1 Å². The van der Waals surface area contributed by atoms with Crippen molar-refractivity contribution in [1.82, 2.24) is 25.1 Å². The Kier molecular flexibility index (Phi) is 5.17. The molecule has 1 aliphatic rings. The molecule has 0 saturated carbocycles. The maximum Gasteiger partial charge on any atom is 0.297 e. The van der Waals surface area contributed by atoms with E-state index in [0.29, 0.717) is 17.6 Å². The molecule has 0 radical (unpaired) electrons. The van der Waals surface area contributed by atoms with E-state index >= 15 is 0 Å². The smallest absolute Gasteiger partial charge is 0.297 e. The number of rotatable bonds is 6. The zero-order valence-corrected chi connectivity index (χ0v) is 15.1. The summed E-state index contributed by atoms with van der Waals surface area (Å²) in [7, 11) is 0. The van der Waals surface area contributed by atoms with Gasteiger partial charge in [-0.15, -0.1) is 0 Å². The first-order valence-corrected chi connectivity index (χ1v) is 9.29. The van der Waals surface area contributed by atoms with E-state index in [9.17, 15) is 9.59 Å². The highest BCUT2D eigenvalue weighted by molar-refractivity contribution is 6.01. The molecule has 8 nitrogen and oxygen atoms in total. The first kappa shape index (κ1) is 17.7. The number of nitrogens with zero attached hydrogens (tertiary/aromatic N) is 3. The van der Waals surface area contributed by atoms with Crippen LogP contribution in [0.5, 0.6) is 0 Å². The summed E-state index contributed by atoms with van der Waals surface area (Å²) in [4.78, 5) is 31.5. The van der Waals surface area contributed by atoms with Crippen LogP contribution < -0.4 is 16.2 Å². The van der Waals surface area contributed by atoms with Gasteiger partial charge in [0.1, 0.15) is 17.6 Å². The number of aromatic nitrogens is 2. The maximum absolute atomic E-state index is 12.6. The molecule has 1 aliphatic heterocycles. The van der Waals surface area contributed by atoms with Gasteiger partial charge in [0.15, 0.2) is 0 Å². The normalized spacial score (nSPS) is 15.4. The third-order valence-corrected chi connectivity index (χ3v) is 4.85. The number of benzene rings is 1. The molecule has 2 aromatic heterocycles. The van der Waals surface area contributed by atoms with Crippen molar-refractivity contribution >= 4 is 28.0 Å². The number of furan rings is 1. The lowest BCUT2D eigenvalue weighted by atomic mass is 10.2. The molecule has 3 aromatic rings. The summed E-state index contributed by atoms with van der Waals surface area (Å²) < 4.78 is 6.92. The summed E-state index contributed by atoms with van der Waals surface area (Å²) in [5.41, 5.74) is 0.993. The lowest BCUT2D eigenvalue weighted by molar-refractivity contribution is -0.121. The van der Waals surface area contributed by atoms with Crippen LogP contribution in [0.3, 0.4) is 0 Å². The average molecular weight is 369 g/mol. The molecule has 0 atom stereocenters. The molecule has 4 rings (SSSR count). The molecule has 1 saturated heterocycles. The Morgan fingerprint density at radius 3 is 2.93 bits per heavy atom. The minimum absolute atomic E-state index is 0.0630. The molecule has 1 amide bonds. The third-order valence-electron chi connectivity index (χ3n) is 4.85. The molecule has 0 aliphatic carbocycles. The van der Waals surface area contributed by atoms with Crippen molar-refractivity contribution in [2.75, 3.05) is 39.3 Å². The largest absolute Gasteiger partial charge is 0.448 e. The molecule has 3 heterocycles. The van der Waals surface area contributed by atoms with Crippen molar-refractivity contribution in [3.05, 3.63) is 40.9 Å². The highest BCUT2D eigenvalue weighted by Crippen LogP contribution is 2.23. The van der Waals surface area contributed by atoms with Crippen LogP contribution in [0.15, 0.2) is 39.8 Å². The summed E-state index contributed by atoms with van der Waals surface area (Å²) in [5, 5.41) is 6.99. The molecular weight excluding hydrogens is 346 g/mol. The van der Waals surface area contributed by atoms with Crippen LogP contribution in [-0.2, 0) is 11.3 Å². The number of nitrogens with one attached hydrogen (secondary N) is 2. The number of hydrogen-bond acceptors (Lipinski definition) is 6. The van der Waals surface area contributed by atoms with Crippen LogP contribution in [0.2, 0.25) is 0 Å². The Hall–Kier alpha value is -2.71. The Labute approximate surface area is 156 Å². The summed E-state index contributed by atoms with van der Waals surface area (Å²) in [6.07, 6.45) is 2.30. The molecule has 2 N–H and O–H groups in total. The molecule has 0 bridgehead atoms. The van der Waals surface area contributed by atoms with E-state index in [4.69, 9.17) is 4.42 Å². The van der Waals surface area contributed by atoms with Gasteiger partial charge in [-0.05, 0) is 25.1 Å². The van der Waals surface area contributed by atoms with E-state index < -0.39 is 0 Å². The second-order valence-corrected chi connectivity index (χ2v) is 6.75. The standard InChI is InChI=1S/C19H23N5O3/c25-16(21-6-3-9-23-10-7-20-8-11-23)12-24-13-22-17-14-4-1-2-5-15(14)27-18(17)19(24)26/h1-2,4-5,13,20H,3,6-12H2,(H,21,25). The first-order valence-electron chi connectivity index (χ1n) is 9.29. The van der Waals surface area contributed by atoms with E-state index in [-0.39, 0.29) is 23.6 Å². The Morgan fingerprint density at radius 2 is 2.07 bits per heavy atom. The summed E-state index contributed by atoms with van der Waals surface area (Å²) >= 11 is 0. The zero-order valence-electron chi connectivity index (χ0n) is 15.1. The van der Waals surface area contributed by atoms with Crippen molar-refractivity contribution in [1.29, 1.82) is 0 Å². The molecular formula is C19H23N5O3. The van der Waals surface area contributed by atoms with E-state index in [1.54, 1.807) is 6.07 Å². The number of carbonyl (C=O) groups is 1. The first-order chi connectivity index (χ1) is 13.2. The number of piperazine rings is 1. The summed E-state index contributed by atoms with van der Waals surface area (Å²) in [6, 6.07) is 7.38. The van der Waals surface area contributed by atoms with Gasteiger partial charge in [-0.2, -0.15) is 0 Å². The van der Waals surface area contributed by atoms with Gasteiger partial charge in [-0.25, -0.2) is 4.98 Å². The quantitative estimate of drug-likeness (QED) is 0.617. The van der Waals surface area contributed by atoms with E-state index in [1.165, 1.54) is 10.9 Å². The minimum atomic E-state index is -0.341. The SMILES string of the molecule is O=C(Cn1cnc2c(oc3ccccc32)c1=O)NCCCN1CCNCC1.